The van der Waals surface area contributed by atoms with Crippen molar-refractivity contribution in [3.05, 3.63) is 44.7 Å². The Labute approximate surface area is 183 Å². The zero-order chi connectivity index (χ0) is 21.3. The van der Waals surface area contributed by atoms with Crippen LogP contribution in [0, 0.1) is 5.82 Å². The van der Waals surface area contributed by atoms with Crippen molar-refractivity contribution in [1.29, 1.82) is 0 Å². The van der Waals surface area contributed by atoms with Crippen LogP contribution in [0.1, 0.15) is 25.1 Å². The van der Waals surface area contributed by atoms with Crippen molar-refractivity contribution in [1.82, 2.24) is 15.0 Å². The highest BCUT2D eigenvalue weighted by atomic mass is 79.9. The summed E-state index contributed by atoms with van der Waals surface area (Å²) in [5, 5.41) is 0.723. The molecule has 0 saturated carbocycles. The second-order valence-corrected chi connectivity index (χ2v) is 8.84. The molecule has 0 spiro atoms. The van der Waals surface area contributed by atoms with E-state index in [1.165, 1.54) is 23.5 Å². The first-order valence-corrected chi connectivity index (χ1v) is 11.0. The number of nitrogens with two attached hydrogens (primary N) is 1. The number of rotatable bonds is 6. The predicted octanol–water partition coefficient (Wildman–Crippen LogP) is 2.75. The third-order valence-electron chi connectivity index (χ3n) is 4.81. The van der Waals surface area contributed by atoms with Crippen molar-refractivity contribution < 1.29 is 13.9 Å². The molecule has 1 aliphatic rings. The highest BCUT2D eigenvalue weighted by Crippen LogP contribution is 2.31. The Morgan fingerprint density at radius 1 is 1.37 bits per heavy atom. The third-order valence-corrected chi connectivity index (χ3v) is 6.57. The topological polar surface area (TPSA) is 114 Å². The Kier molecular flexibility index (Phi) is 6.00. The number of piperidine rings is 1. The van der Waals surface area contributed by atoms with E-state index >= 15 is 0 Å². The molecule has 1 fully saturated rings. The summed E-state index contributed by atoms with van der Waals surface area (Å²) in [5.41, 5.74) is 5.27. The zero-order valence-electron chi connectivity index (χ0n) is 15.9. The van der Waals surface area contributed by atoms with Crippen LogP contribution in [0.4, 0.5) is 9.52 Å². The first-order valence-electron chi connectivity index (χ1n) is 9.44. The number of nitrogens with zero attached hydrogens (tertiary/aromatic N) is 3. The van der Waals surface area contributed by atoms with E-state index in [2.05, 4.69) is 35.8 Å². The number of primary amides is 1. The molecule has 3 aromatic rings. The van der Waals surface area contributed by atoms with Gasteiger partial charge in [-0.3, -0.25) is 9.59 Å². The minimum Gasteiger partial charge on any atom is -0.489 e. The minimum absolute atomic E-state index is 0.0318. The molecule has 1 aromatic carbocycles. The summed E-state index contributed by atoms with van der Waals surface area (Å²) >= 11 is 4.67. The molecule has 2 aromatic heterocycles. The van der Waals surface area contributed by atoms with Crippen LogP contribution >= 0.6 is 27.3 Å². The molecule has 3 heterocycles. The molecule has 11 heteroatoms. The van der Waals surface area contributed by atoms with E-state index in [4.69, 9.17) is 10.5 Å². The van der Waals surface area contributed by atoms with Gasteiger partial charge in [0.2, 0.25) is 5.91 Å². The molecule has 0 radical (unpaired) electrons. The van der Waals surface area contributed by atoms with E-state index in [9.17, 15) is 14.0 Å². The molecular weight excluding hydrogens is 477 g/mol. The second-order valence-electron chi connectivity index (χ2n) is 7.01. The Bertz CT molecular complexity index is 1140. The van der Waals surface area contributed by atoms with Gasteiger partial charge in [-0.2, -0.15) is 4.98 Å². The van der Waals surface area contributed by atoms with E-state index < -0.39 is 5.91 Å². The molecule has 1 aliphatic heterocycles. The maximum Gasteiger partial charge on any atom is 0.270 e. The van der Waals surface area contributed by atoms with Crippen LogP contribution in [0.3, 0.4) is 0 Å². The number of fused-ring (bicyclic) bond motifs is 1. The summed E-state index contributed by atoms with van der Waals surface area (Å²) < 4.78 is 20.6. The number of H-pyrrole nitrogens is 1. The molecule has 0 unspecified atom stereocenters. The number of hydrogen-bond donors (Lipinski definition) is 2. The third kappa shape index (κ3) is 4.62. The fourth-order valence-corrected chi connectivity index (χ4v) is 4.57. The van der Waals surface area contributed by atoms with Crippen molar-refractivity contribution in [2.45, 2.75) is 31.8 Å². The lowest BCUT2D eigenvalue weighted by molar-refractivity contribution is -0.118. The van der Waals surface area contributed by atoms with E-state index in [1.54, 1.807) is 6.07 Å². The zero-order valence-corrected chi connectivity index (χ0v) is 18.3. The van der Waals surface area contributed by atoms with E-state index in [1.807, 2.05) is 0 Å². The number of halogens is 2. The summed E-state index contributed by atoms with van der Waals surface area (Å²) in [6.45, 7) is 1.40. The van der Waals surface area contributed by atoms with Gasteiger partial charge in [-0.25, -0.2) is 9.37 Å². The van der Waals surface area contributed by atoms with Crippen LogP contribution < -0.4 is 20.9 Å². The Balaban J connectivity index is 1.44. The van der Waals surface area contributed by atoms with Gasteiger partial charge in [0.25, 0.3) is 5.56 Å². The number of ether oxygens (including phenoxy) is 1. The van der Waals surface area contributed by atoms with Gasteiger partial charge in [-0.15, -0.1) is 0 Å². The first-order chi connectivity index (χ1) is 14.4. The average Bonchev–Trinajstić information content (AvgIpc) is 3.14. The molecule has 0 bridgehead atoms. The van der Waals surface area contributed by atoms with E-state index in [0.717, 1.165) is 22.4 Å². The van der Waals surface area contributed by atoms with Crippen LogP contribution in [-0.4, -0.2) is 40.1 Å². The number of aromatic amines is 1. The normalized spacial score (nSPS) is 14.9. The largest absolute Gasteiger partial charge is 0.489 e. The number of carbonyl (C=O) groups excluding carboxylic acids is 1. The molecule has 0 atom stereocenters. The number of hydrogen-bond acceptors (Lipinski definition) is 7. The quantitative estimate of drug-likeness (QED) is 0.543. The number of carbonyl (C=O) groups is 1. The van der Waals surface area contributed by atoms with Gasteiger partial charge >= 0.3 is 0 Å². The maximum absolute atomic E-state index is 13.5. The van der Waals surface area contributed by atoms with Gasteiger partial charge in [-0.1, -0.05) is 11.3 Å². The number of anilines is 1. The number of amides is 1. The summed E-state index contributed by atoms with van der Waals surface area (Å²) in [6, 6.07) is 4.38. The Hall–Kier alpha value is -2.53. The number of nitrogens with one attached hydrogen (secondary N) is 1. The van der Waals surface area contributed by atoms with Gasteiger partial charge in [0.05, 0.1) is 4.47 Å². The fraction of sp³-hybridized carbons (Fsp3) is 0.368. The Morgan fingerprint density at radius 3 is 2.87 bits per heavy atom. The van der Waals surface area contributed by atoms with Crippen LogP contribution in [0.25, 0.3) is 10.3 Å². The van der Waals surface area contributed by atoms with Crippen molar-refractivity contribution >= 4 is 48.7 Å². The first kappa shape index (κ1) is 20.7. The van der Waals surface area contributed by atoms with Crippen molar-refractivity contribution in [3.8, 4) is 5.75 Å². The van der Waals surface area contributed by atoms with Gasteiger partial charge in [-0.05, 0) is 28.1 Å². The van der Waals surface area contributed by atoms with E-state index in [0.29, 0.717) is 35.0 Å². The fourth-order valence-electron chi connectivity index (χ4n) is 3.28. The molecule has 30 heavy (non-hydrogen) atoms. The number of thiazole rings is 1. The smallest absolute Gasteiger partial charge is 0.270 e. The summed E-state index contributed by atoms with van der Waals surface area (Å²) in [7, 11) is 0. The minimum atomic E-state index is -0.452. The SMILES string of the molecule is NC(=O)CCc1nc2nc(N3CCC(Oc4cc(F)ccc4Br)CC3)sc2c(=O)[nH]1. The van der Waals surface area contributed by atoms with Gasteiger partial charge in [0, 0.05) is 44.8 Å². The van der Waals surface area contributed by atoms with Crippen LogP contribution in [-0.2, 0) is 11.2 Å². The number of aryl methyl sites for hydroxylation is 1. The van der Waals surface area contributed by atoms with Gasteiger partial charge in [0.1, 0.15) is 28.2 Å². The highest BCUT2D eigenvalue weighted by Gasteiger charge is 2.24. The average molecular weight is 496 g/mol. The highest BCUT2D eigenvalue weighted by molar-refractivity contribution is 9.10. The summed E-state index contributed by atoms with van der Waals surface area (Å²) in [5.74, 6) is 0.101. The van der Waals surface area contributed by atoms with Gasteiger partial charge < -0.3 is 20.4 Å². The molecular formula is C19H19BrFN5O3S. The maximum atomic E-state index is 13.5. The number of aromatic nitrogens is 3. The van der Waals surface area contributed by atoms with E-state index in [-0.39, 0.29) is 30.3 Å². The van der Waals surface area contributed by atoms with Crippen LogP contribution in [0.2, 0.25) is 0 Å². The van der Waals surface area contributed by atoms with Gasteiger partial charge in [0.15, 0.2) is 10.8 Å². The molecule has 1 amide bonds. The standard InChI is InChI=1S/C19H19BrFN5O3S/c20-12-2-1-10(21)9-13(12)29-11-5-7-26(8-6-11)19-25-17-16(30-19)18(28)24-15(23-17)4-3-14(22)27/h1-2,9,11H,3-8H2,(H2,22,27)(H,23,24,28). The van der Waals surface area contributed by atoms with Crippen LogP contribution in [0.5, 0.6) is 5.75 Å². The predicted molar refractivity (Wildman–Crippen MR) is 116 cm³/mol. The molecule has 0 aliphatic carbocycles. The molecule has 3 N–H and O–H groups in total. The van der Waals surface area contributed by atoms with Crippen molar-refractivity contribution in [2.75, 3.05) is 18.0 Å². The molecule has 158 valence electrons. The second kappa shape index (κ2) is 8.68. The van der Waals surface area contributed by atoms with Crippen LogP contribution in [0.15, 0.2) is 27.5 Å². The molecule has 1 saturated heterocycles. The lowest BCUT2D eigenvalue weighted by atomic mass is 10.1. The number of benzene rings is 1. The summed E-state index contributed by atoms with van der Waals surface area (Å²) in [6.07, 6.45) is 1.83. The monoisotopic (exact) mass is 495 g/mol. The van der Waals surface area contributed by atoms with Crippen molar-refractivity contribution in [2.24, 2.45) is 5.73 Å². The lowest BCUT2D eigenvalue weighted by Crippen LogP contribution is -2.38. The molecule has 4 rings (SSSR count). The lowest BCUT2D eigenvalue weighted by Gasteiger charge is -2.32. The summed E-state index contributed by atoms with van der Waals surface area (Å²) in [4.78, 5) is 37.0. The Morgan fingerprint density at radius 2 is 2.13 bits per heavy atom. The van der Waals surface area contributed by atoms with Crippen molar-refractivity contribution in [3.63, 3.8) is 0 Å². The molecule has 8 nitrogen and oxygen atoms in total.